The van der Waals surface area contributed by atoms with Crippen LogP contribution in [0.4, 0.5) is 0 Å². The van der Waals surface area contributed by atoms with Crippen molar-refractivity contribution in [2.75, 3.05) is 26.0 Å². The summed E-state index contributed by atoms with van der Waals surface area (Å²) in [6, 6.07) is 18.1. The summed E-state index contributed by atoms with van der Waals surface area (Å²) in [5.41, 5.74) is 2.46. The number of pyridine rings is 1. The van der Waals surface area contributed by atoms with Crippen LogP contribution in [0.25, 0.3) is 22.0 Å². The van der Waals surface area contributed by atoms with Gasteiger partial charge in [0, 0.05) is 41.6 Å². The first kappa shape index (κ1) is 19.3. The number of thioether (sulfide) groups is 1. The Morgan fingerprint density at radius 1 is 1.11 bits per heavy atom. The molecule has 0 saturated carbocycles. The molecule has 2 heterocycles. The molecule has 1 aromatic heterocycles. The van der Waals surface area contributed by atoms with Gasteiger partial charge in [-0.2, -0.15) is 0 Å². The van der Waals surface area contributed by atoms with E-state index in [0.717, 1.165) is 25.4 Å². The molecule has 4 rings (SSSR count). The molecule has 0 radical (unpaired) electrons. The molecule has 3 nitrogen and oxygen atoms in total. The van der Waals surface area contributed by atoms with E-state index in [4.69, 9.17) is 4.74 Å². The van der Waals surface area contributed by atoms with Gasteiger partial charge in [-0.1, -0.05) is 6.07 Å². The molecule has 1 aliphatic heterocycles. The van der Waals surface area contributed by atoms with Crippen molar-refractivity contribution < 1.29 is 9.30 Å². The number of benzene rings is 2. The van der Waals surface area contributed by atoms with Gasteiger partial charge in [-0.05, 0) is 61.9 Å². The Bertz CT molecular complexity index is 962. The van der Waals surface area contributed by atoms with Crippen LogP contribution in [0.2, 0.25) is 0 Å². The van der Waals surface area contributed by atoms with Gasteiger partial charge in [0.25, 0.3) is 0 Å². The lowest BCUT2D eigenvalue weighted by Crippen LogP contribution is -2.52. The van der Waals surface area contributed by atoms with E-state index >= 15 is 0 Å². The summed E-state index contributed by atoms with van der Waals surface area (Å²) in [6.45, 7) is 7.60. The van der Waals surface area contributed by atoms with E-state index < -0.39 is 0 Å². The monoisotopic (exact) mass is 393 g/mol. The lowest BCUT2D eigenvalue weighted by Gasteiger charge is -2.41. The molecule has 0 bridgehead atoms. The Balaban J connectivity index is 1.59. The zero-order valence-corrected chi connectivity index (χ0v) is 18.0. The minimum atomic E-state index is 0.636. The maximum Gasteiger partial charge on any atom is 0.220 e. The van der Waals surface area contributed by atoms with Crippen LogP contribution in [0.3, 0.4) is 0 Å². The summed E-state index contributed by atoms with van der Waals surface area (Å²) in [4.78, 5) is 3.77. The van der Waals surface area contributed by atoms with Crippen molar-refractivity contribution in [2.24, 2.45) is 13.0 Å². The SMILES string of the molecule is CSc1ccc(-c2c3cc(OCC4CN(C(C)C)C4)ccc3cc[n+]2C)cc1. The molecule has 4 heteroatoms. The Labute approximate surface area is 172 Å². The summed E-state index contributed by atoms with van der Waals surface area (Å²) < 4.78 is 8.38. The van der Waals surface area contributed by atoms with Crippen LogP contribution in [0.15, 0.2) is 59.6 Å². The fourth-order valence-corrected chi connectivity index (χ4v) is 4.30. The molecular weight excluding hydrogens is 364 g/mol. The van der Waals surface area contributed by atoms with Crippen molar-refractivity contribution in [3.63, 3.8) is 0 Å². The minimum Gasteiger partial charge on any atom is -0.493 e. The Kier molecular flexibility index (Phi) is 5.61. The van der Waals surface area contributed by atoms with Crippen LogP contribution < -0.4 is 9.30 Å². The molecule has 1 fully saturated rings. The fourth-order valence-electron chi connectivity index (χ4n) is 3.89. The first-order valence-corrected chi connectivity index (χ1v) is 11.2. The Morgan fingerprint density at radius 3 is 2.54 bits per heavy atom. The average molecular weight is 394 g/mol. The highest BCUT2D eigenvalue weighted by molar-refractivity contribution is 7.98. The summed E-state index contributed by atoms with van der Waals surface area (Å²) in [6.07, 6.45) is 4.24. The summed E-state index contributed by atoms with van der Waals surface area (Å²) in [5.74, 6) is 1.60. The summed E-state index contributed by atoms with van der Waals surface area (Å²) in [5, 5.41) is 2.47. The van der Waals surface area contributed by atoms with Gasteiger partial charge in [-0.25, -0.2) is 4.57 Å². The summed E-state index contributed by atoms with van der Waals surface area (Å²) >= 11 is 1.77. The van der Waals surface area contributed by atoms with Crippen molar-refractivity contribution in [1.82, 2.24) is 4.90 Å². The van der Waals surface area contributed by atoms with Crippen LogP contribution in [-0.2, 0) is 7.05 Å². The molecule has 1 saturated heterocycles. The molecule has 0 aliphatic carbocycles. The van der Waals surface area contributed by atoms with Crippen LogP contribution in [0, 0.1) is 5.92 Å². The average Bonchev–Trinajstić information content (AvgIpc) is 2.66. The second kappa shape index (κ2) is 8.14. The largest absolute Gasteiger partial charge is 0.493 e. The van der Waals surface area contributed by atoms with E-state index in [2.05, 4.69) is 91.3 Å². The van der Waals surface area contributed by atoms with Crippen LogP contribution in [-0.4, -0.2) is 36.9 Å². The molecule has 0 atom stereocenters. The topological polar surface area (TPSA) is 16.4 Å². The molecule has 146 valence electrons. The highest BCUT2D eigenvalue weighted by atomic mass is 32.2. The number of likely N-dealkylation sites (tertiary alicyclic amines) is 1. The molecule has 1 aliphatic rings. The third-order valence-corrected chi connectivity index (χ3v) is 6.42. The van der Waals surface area contributed by atoms with E-state index in [1.165, 1.54) is 26.9 Å². The third kappa shape index (κ3) is 3.89. The standard InChI is InChI=1S/C24H29N2OS/c1-17(2)26-14-18(15-26)16-27-21-8-5-19-11-12-25(3)24(23(19)13-21)20-6-9-22(28-4)10-7-20/h5-13,17-18H,14-16H2,1-4H3/q+1. The molecule has 0 amide bonds. The van der Waals surface area contributed by atoms with Gasteiger partial charge < -0.3 is 9.64 Å². The normalized spacial score (nSPS) is 15.2. The molecular formula is C24H29N2OS+. The zero-order valence-electron chi connectivity index (χ0n) is 17.2. The van der Waals surface area contributed by atoms with Gasteiger partial charge in [0.05, 0.1) is 12.0 Å². The fraction of sp³-hybridized carbons (Fsp3) is 0.375. The van der Waals surface area contributed by atoms with Gasteiger partial charge in [0.15, 0.2) is 6.20 Å². The number of hydrogen-bond donors (Lipinski definition) is 0. The smallest absolute Gasteiger partial charge is 0.220 e. The second-order valence-corrected chi connectivity index (χ2v) is 8.86. The summed E-state index contributed by atoms with van der Waals surface area (Å²) in [7, 11) is 2.11. The van der Waals surface area contributed by atoms with Gasteiger partial charge in [0.1, 0.15) is 12.8 Å². The minimum absolute atomic E-state index is 0.636. The predicted molar refractivity (Wildman–Crippen MR) is 118 cm³/mol. The highest BCUT2D eigenvalue weighted by Gasteiger charge is 2.28. The number of fused-ring (bicyclic) bond motifs is 1. The first-order valence-electron chi connectivity index (χ1n) is 9.99. The molecule has 28 heavy (non-hydrogen) atoms. The van der Waals surface area contributed by atoms with Crippen LogP contribution in [0.5, 0.6) is 5.75 Å². The quantitative estimate of drug-likeness (QED) is 0.443. The molecule has 0 unspecified atom stereocenters. The first-order chi connectivity index (χ1) is 13.5. The van der Waals surface area contributed by atoms with Crippen LogP contribution >= 0.6 is 11.8 Å². The van der Waals surface area contributed by atoms with Gasteiger partial charge in [-0.15, -0.1) is 11.8 Å². The lowest BCUT2D eigenvalue weighted by molar-refractivity contribution is -0.659. The van der Waals surface area contributed by atoms with Gasteiger partial charge >= 0.3 is 0 Å². The number of aromatic nitrogens is 1. The number of nitrogens with zero attached hydrogens (tertiary/aromatic N) is 2. The van der Waals surface area contributed by atoms with E-state index in [0.29, 0.717) is 12.0 Å². The van der Waals surface area contributed by atoms with Crippen LogP contribution in [0.1, 0.15) is 13.8 Å². The number of ether oxygens (including phenoxy) is 1. The third-order valence-electron chi connectivity index (χ3n) is 5.68. The number of aryl methyl sites for hydroxylation is 1. The van der Waals surface area contributed by atoms with Gasteiger partial charge in [-0.3, -0.25) is 0 Å². The maximum atomic E-state index is 6.17. The van der Waals surface area contributed by atoms with Crippen molar-refractivity contribution in [3.05, 3.63) is 54.7 Å². The van der Waals surface area contributed by atoms with E-state index in [-0.39, 0.29) is 0 Å². The molecule has 0 spiro atoms. The molecule has 3 aromatic rings. The molecule has 0 N–H and O–H groups in total. The van der Waals surface area contributed by atoms with Crippen molar-refractivity contribution in [2.45, 2.75) is 24.8 Å². The number of hydrogen-bond acceptors (Lipinski definition) is 3. The van der Waals surface area contributed by atoms with Gasteiger partial charge in [0.2, 0.25) is 5.69 Å². The van der Waals surface area contributed by atoms with Crippen molar-refractivity contribution in [3.8, 4) is 17.0 Å². The van der Waals surface area contributed by atoms with E-state index in [1.807, 2.05) is 0 Å². The van der Waals surface area contributed by atoms with Crippen molar-refractivity contribution >= 4 is 22.5 Å². The van der Waals surface area contributed by atoms with Crippen molar-refractivity contribution in [1.29, 1.82) is 0 Å². The Morgan fingerprint density at radius 2 is 1.86 bits per heavy atom. The molecule has 2 aromatic carbocycles. The lowest BCUT2D eigenvalue weighted by atomic mass is 9.99. The number of rotatable bonds is 6. The second-order valence-electron chi connectivity index (χ2n) is 7.98. The predicted octanol–water partition coefficient (Wildman–Crippen LogP) is 4.77. The highest BCUT2D eigenvalue weighted by Crippen LogP contribution is 2.30. The maximum absolute atomic E-state index is 6.17. The zero-order chi connectivity index (χ0) is 19.7. The Hall–Kier alpha value is -2.04. The van der Waals surface area contributed by atoms with E-state index in [9.17, 15) is 0 Å². The van der Waals surface area contributed by atoms with E-state index in [1.54, 1.807) is 11.8 Å².